The Morgan fingerprint density at radius 3 is 1.57 bits per heavy atom. The maximum Gasteiger partial charge on any atom is 0.253 e. The van der Waals surface area contributed by atoms with Gasteiger partial charge in [-0.15, -0.1) is 0 Å². The zero-order chi connectivity index (χ0) is 44.0. The Morgan fingerprint density at radius 2 is 0.896 bits per heavy atom. The Morgan fingerprint density at radius 1 is 0.343 bits per heavy atom. The van der Waals surface area contributed by atoms with Gasteiger partial charge in [0.1, 0.15) is 11.5 Å². The summed E-state index contributed by atoms with van der Waals surface area (Å²) < 4.78 is 7.36. The summed E-state index contributed by atoms with van der Waals surface area (Å²) in [7, 11) is 0. The van der Waals surface area contributed by atoms with E-state index in [1.54, 1.807) is 0 Å². The molecule has 0 aromatic heterocycles. The van der Waals surface area contributed by atoms with Gasteiger partial charge in [0.05, 0.1) is 5.69 Å². The third-order valence-corrected chi connectivity index (χ3v) is 16.1. The van der Waals surface area contributed by atoms with Gasteiger partial charge in [0.15, 0.2) is 0 Å². The van der Waals surface area contributed by atoms with Crippen LogP contribution in [0.5, 0.6) is 11.5 Å². The van der Waals surface area contributed by atoms with Gasteiger partial charge in [-0.3, -0.25) is 0 Å². The van der Waals surface area contributed by atoms with Crippen LogP contribution in [0.4, 0.5) is 34.1 Å². The molecule has 0 aliphatic carbocycles. The summed E-state index contributed by atoms with van der Waals surface area (Å²) in [4.78, 5) is 10.0. The van der Waals surface area contributed by atoms with E-state index >= 15 is 0 Å². The van der Waals surface area contributed by atoms with Gasteiger partial charge in [0.2, 0.25) is 6.71 Å². The Balaban J connectivity index is 1.07. The highest BCUT2D eigenvalue weighted by Crippen LogP contribution is 2.49. The molecule has 0 bridgehead atoms. The molecule has 67 heavy (non-hydrogen) atoms. The van der Waals surface area contributed by atoms with Crippen LogP contribution in [0.3, 0.4) is 0 Å². The lowest BCUT2D eigenvalue weighted by Gasteiger charge is -2.43. The van der Waals surface area contributed by atoms with Crippen molar-refractivity contribution in [2.45, 2.75) is 19.6 Å². The fourth-order valence-corrected chi connectivity index (χ4v) is 13.3. The standard InChI is InChI=1S/C60H38B2N2OS2/c1-5-19-39(20-6-1)41-33-54-60-57(34-41)66-56-32-18-15-29-47(56)62(60)49-37-48-51(38-53(49)65-54)64(50-30-16-13-27-45(50)40-21-7-2-8-22-40)52-35-44(36-58-59(52)61(48)46-28-14-17-31-55(46)67-58)63(42-23-9-3-10-24-42)43-25-11-4-12-26-43/h1-38H. The second-order valence-corrected chi connectivity index (χ2v) is 19.7. The van der Waals surface area contributed by atoms with Gasteiger partial charge in [-0.05, 0) is 105 Å². The average molecular weight is 889 g/mol. The van der Waals surface area contributed by atoms with Crippen LogP contribution in [0.25, 0.3) is 22.3 Å². The van der Waals surface area contributed by atoms with Crippen molar-refractivity contribution in [3.8, 4) is 33.8 Å². The molecule has 0 saturated carbocycles. The van der Waals surface area contributed by atoms with Gasteiger partial charge in [-0.1, -0.05) is 192 Å². The van der Waals surface area contributed by atoms with E-state index in [1.807, 2.05) is 23.5 Å². The van der Waals surface area contributed by atoms with Crippen LogP contribution in [0.1, 0.15) is 0 Å². The molecule has 0 atom stereocenters. The molecular weight excluding hydrogens is 850 g/mol. The smallest absolute Gasteiger partial charge is 0.253 e. The molecular formula is C60H38B2N2OS2. The lowest BCUT2D eigenvalue weighted by Crippen LogP contribution is -2.63. The van der Waals surface area contributed by atoms with Gasteiger partial charge in [0.25, 0.3) is 6.71 Å². The summed E-state index contributed by atoms with van der Waals surface area (Å²) in [5, 5.41) is 0. The van der Waals surface area contributed by atoms with Crippen molar-refractivity contribution in [2.75, 3.05) is 9.80 Å². The largest absolute Gasteiger partial charge is 0.458 e. The number of hydrogen-bond donors (Lipinski definition) is 0. The van der Waals surface area contributed by atoms with Crippen molar-refractivity contribution in [1.29, 1.82) is 0 Å². The second-order valence-electron chi connectivity index (χ2n) is 17.6. The van der Waals surface area contributed by atoms with Gasteiger partial charge in [-0.2, -0.15) is 0 Å². The summed E-state index contributed by atoms with van der Waals surface area (Å²) >= 11 is 3.75. The zero-order valence-electron chi connectivity index (χ0n) is 36.2. The Labute approximate surface area is 399 Å². The first-order valence-corrected chi connectivity index (χ1v) is 24.5. The predicted octanol–water partition coefficient (Wildman–Crippen LogP) is 12.3. The monoisotopic (exact) mass is 888 g/mol. The highest BCUT2D eigenvalue weighted by molar-refractivity contribution is 8.00. The third-order valence-electron chi connectivity index (χ3n) is 13.8. The first-order valence-electron chi connectivity index (χ1n) is 22.9. The SMILES string of the molecule is c1ccc(-c2cc3c4c(c2)Sc2ccccc2B4c2cc4c(cc2O3)N(c2ccccc2-c2ccccc2)c2cc(N(c3ccccc3)c3ccccc3)cc3c2B4c2ccccc2S3)cc1. The Kier molecular flexibility index (Phi) is 8.96. The number of benzene rings is 10. The van der Waals surface area contributed by atoms with Crippen LogP contribution in [0.15, 0.2) is 250 Å². The van der Waals surface area contributed by atoms with Gasteiger partial charge in [-0.25, -0.2) is 0 Å². The van der Waals surface area contributed by atoms with Gasteiger partial charge in [0, 0.05) is 59.6 Å². The van der Waals surface area contributed by atoms with E-state index in [9.17, 15) is 0 Å². The number of rotatable bonds is 6. The number of fused-ring (bicyclic) bond motifs is 8. The maximum atomic E-state index is 7.36. The van der Waals surface area contributed by atoms with E-state index in [0.29, 0.717) is 0 Å². The molecule has 7 heteroatoms. The average Bonchev–Trinajstić information content (AvgIpc) is 3.39. The molecule has 10 aromatic carbocycles. The van der Waals surface area contributed by atoms with Crippen LogP contribution >= 0.6 is 23.5 Å². The van der Waals surface area contributed by atoms with E-state index in [2.05, 4.69) is 240 Å². The normalized spacial score (nSPS) is 13.3. The van der Waals surface area contributed by atoms with E-state index in [-0.39, 0.29) is 13.4 Å². The fourth-order valence-electron chi connectivity index (χ4n) is 10.9. The molecule has 0 fully saturated rings. The fraction of sp³-hybridized carbons (Fsp3) is 0. The summed E-state index contributed by atoms with van der Waals surface area (Å²) in [6.45, 7) is -0.0125. The first kappa shape index (κ1) is 38.7. The predicted molar refractivity (Wildman–Crippen MR) is 284 cm³/mol. The van der Waals surface area contributed by atoms with E-state index in [4.69, 9.17) is 4.74 Å². The molecule has 14 rings (SSSR count). The molecule has 0 radical (unpaired) electrons. The van der Waals surface area contributed by atoms with E-state index < -0.39 is 0 Å². The summed E-state index contributed by atoms with van der Waals surface area (Å²) in [5.41, 5.74) is 19.1. The van der Waals surface area contributed by atoms with Crippen molar-refractivity contribution in [3.05, 3.63) is 231 Å². The highest BCUT2D eigenvalue weighted by Gasteiger charge is 2.46. The lowest BCUT2D eigenvalue weighted by atomic mass is 9.32. The summed E-state index contributed by atoms with van der Waals surface area (Å²) in [5.74, 6) is 1.82. The molecule has 10 aromatic rings. The third kappa shape index (κ3) is 6.19. The maximum absolute atomic E-state index is 7.36. The van der Waals surface area contributed by atoms with Crippen LogP contribution in [0.2, 0.25) is 0 Å². The molecule has 4 heterocycles. The van der Waals surface area contributed by atoms with Crippen LogP contribution < -0.4 is 47.3 Å². The molecule has 0 saturated heterocycles. The van der Waals surface area contributed by atoms with Crippen molar-refractivity contribution in [1.82, 2.24) is 0 Å². The number of anilines is 6. The molecule has 0 amide bonds. The van der Waals surface area contributed by atoms with Crippen molar-refractivity contribution < 1.29 is 4.74 Å². The number of nitrogens with zero attached hydrogens (tertiary/aromatic N) is 2. The molecule has 4 aliphatic heterocycles. The van der Waals surface area contributed by atoms with Gasteiger partial charge < -0.3 is 14.5 Å². The molecule has 4 aliphatic rings. The Bertz CT molecular complexity index is 3550. The number of para-hydroxylation sites is 3. The molecule has 0 spiro atoms. The minimum Gasteiger partial charge on any atom is -0.458 e. The van der Waals surface area contributed by atoms with E-state index in [1.165, 1.54) is 63.5 Å². The summed E-state index contributed by atoms with van der Waals surface area (Å²) in [6, 6.07) is 84.4. The highest BCUT2D eigenvalue weighted by atomic mass is 32.2. The topological polar surface area (TPSA) is 15.7 Å². The van der Waals surface area contributed by atoms with Crippen LogP contribution in [-0.4, -0.2) is 13.4 Å². The molecule has 312 valence electrons. The second kappa shape index (κ2) is 15.5. The zero-order valence-corrected chi connectivity index (χ0v) is 37.8. The van der Waals surface area contributed by atoms with E-state index in [0.717, 1.165) is 56.8 Å². The molecule has 0 unspecified atom stereocenters. The van der Waals surface area contributed by atoms with Crippen molar-refractivity contribution >= 4 is 104 Å². The Hall–Kier alpha value is -7.57. The molecule has 0 N–H and O–H groups in total. The summed E-state index contributed by atoms with van der Waals surface area (Å²) in [6.07, 6.45) is 0. The van der Waals surface area contributed by atoms with Crippen molar-refractivity contribution in [3.63, 3.8) is 0 Å². The van der Waals surface area contributed by atoms with Crippen LogP contribution in [0, 0.1) is 0 Å². The van der Waals surface area contributed by atoms with Gasteiger partial charge >= 0.3 is 0 Å². The number of ether oxygens (including phenoxy) is 1. The molecule has 3 nitrogen and oxygen atoms in total. The minimum atomic E-state index is -0.0200. The first-order chi connectivity index (χ1) is 33.2. The minimum absolute atomic E-state index is 0.00753. The quantitative estimate of drug-likeness (QED) is 0.154. The number of hydrogen-bond acceptors (Lipinski definition) is 5. The van der Waals surface area contributed by atoms with Crippen LogP contribution in [-0.2, 0) is 0 Å². The lowest BCUT2D eigenvalue weighted by molar-refractivity contribution is 0.487. The van der Waals surface area contributed by atoms with Crippen molar-refractivity contribution in [2.24, 2.45) is 0 Å².